The Labute approximate surface area is 222 Å². The Hall–Kier alpha value is -2.57. The van der Waals surface area contributed by atoms with E-state index in [-0.39, 0.29) is 0 Å². The molecule has 2 aliphatic rings. The molecule has 0 unspecified atom stereocenters. The van der Waals surface area contributed by atoms with Gasteiger partial charge in [-0.3, -0.25) is 0 Å². The van der Waals surface area contributed by atoms with Gasteiger partial charge in [0.25, 0.3) is 0 Å². The second kappa shape index (κ2) is 11.0. The molecule has 3 heterocycles. The first-order chi connectivity index (χ1) is 17.9. The number of hydrogen-bond donors (Lipinski definition) is 0. The molecule has 200 valence electrons. The van der Waals surface area contributed by atoms with Crippen molar-refractivity contribution in [3.63, 3.8) is 0 Å². The normalized spacial score (nSPS) is 18.8. The number of fused-ring (bicyclic) bond motifs is 1. The van der Waals surface area contributed by atoms with Crippen molar-refractivity contribution in [2.45, 2.75) is 77.4 Å². The molecule has 1 aromatic heterocycles. The summed E-state index contributed by atoms with van der Waals surface area (Å²) in [6.07, 6.45) is 5.12. The van der Waals surface area contributed by atoms with Gasteiger partial charge in [0.2, 0.25) is 0 Å². The minimum absolute atomic E-state index is 0.296. The number of nitrogens with zero attached hydrogens (tertiary/aromatic N) is 4. The quantitative estimate of drug-likeness (QED) is 0.375. The maximum Gasteiger partial charge on any atom is 0.161 e. The predicted molar refractivity (Wildman–Crippen MR) is 152 cm³/mol. The Kier molecular flexibility index (Phi) is 7.77. The Morgan fingerprint density at radius 1 is 0.784 bits per heavy atom. The van der Waals surface area contributed by atoms with Crippen LogP contribution in [0.1, 0.15) is 70.9 Å². The van der Waals surface area contributed by atoms with Crippen LogP contribution in [0, 0.1) is 0 Å². The summed E-state index contributed by atoms with van der Waals surface area (Å²) in [5.74, 6) is 3.05. The highest BCUT2D eigenvalue weighted by Gasteiger charge is 2.29. The van der Waals surface area contributed by atoms with Gasteiger partial charge in [0.15, 0.2) is 11.5 Å². The van der Waals surface area contributed by atoms with Crippen LogP contribution in [0.15, 0.2) is 36.4 Å². The lowest BCUT2D eigenvalue weighted by Gasteiger charge is -2.42. The summed E-state index contributed by atoms with van der Waals surface area (Å²) in [5, 5.41) is 0. The van der Waals surface area contributed by atoms with E-state index >= 15 is 0 Å². The Bertz CT molecular complexity index is 1200. The molecule has 0 N–H and O–H groups in total. The molecule has 0 radical (unpaired) electrons. The van der Waals surface area contributed by atoms with Gasteiger partial charge in [-0.15, -0.1) is 0 Å². The lowest BCUT2D eigenvalue weighted by atomic mass is 9.87. The van der Waals surface area contributed by atoms with E-state index in [9.17, 15) is 0 Å². The van der Waals surface area contributed by atoms with E-state index in [0.29, 0.717) is 18.0 Å². The van der Waals surface area contributed by atoms with Crippen molar-refractivity contribution in [1.82, 2.24) is 19.4 Å². The van der Waals surface area contributed by atoms with Gasteiger partial charge in [-0.05, 0) is 121 Å². The van der Waals surface area contributed by atoms with Crippen LogP contribution in [0.4, 0.5) is 0 Å². The number of piperidine rings is 2. The first-order valence-corrected chi connectivity index (χ1v) is 14.1. The summed E-state index contributed by atoms with van der Waals surface area (Å²) in [6, 6.07) is 14.8. The van der Waals surface area contributed by atoms with Gasteiger partial charge in [0.1, 0.15) is 5.82 Å². The van der Waals surface area contributed by atoms with Crippen LogP contribution < -0.4 is 9.47 Å². The number of hydrogen-bond acceptors (Lipinski definition) is 5. The van der Waals surface area contributed by atoms with E-state index in [4.69, 9.17) is 14.5 Å². The van der Waals surface area contributed by atoms with Crippen molar-refractivity contribution >= 4 is 11.0 Å². The third-order valence-electron chi connectivity index (χ3n) is 8.62. The molecule has 0 aliphatic carbocycles. The topological polar surface area (TPSA) is 42.8 Å². The van der Waals surface area contributed by atoms with Crippen molar-refractivity contribution in [2.75, 3.05) is 40.4 Å². The van der Waals surface area contributed by atoms with E-state index in [1.54, 1.807) is 14.2 Å². The maximum absolute atomic E-state index is 5.57. The molecule has 6 heteroatoms. The van der Waals surface area contributed by atoms with Gasteiger partial charge >= 0.3 is 0 Å². The largest absolute Gasteiger partial charge is 0.493 e. The van der Waals surface area contributed by atoms with Crippen molar-refractivity contribution in [3.05, 3.63) is 42.0 Å². The predicted octanol–water partition coefficient (Wildman–Crippen LogP) is 6.35. The molecular weight excluding hydrogens is 460 g/mol. The van der Waals surface area contributed by atoms with Gasteiger partial charge in [-0.2, -0.15) is 0 Å². The minimum atomic E-state index is 0.296. The number of imidazole rings is 1. The summed E-state index contributed by atoms with van der Waals surface area (Å²) in [5.41, 5.74) is 4.76. The van der Waals surface area contributed by atoms with Gasteiger partial charge in [0.05, 0.1) is 25.3 Å². The third kappa shape index (κ3) is 5.23. The van der Waals surface area contributed by atoms with Crippen molar-refractivity contribution < 1.29 is 9.47 Å². The number of benzene rings is 2. The monoisotopic (exact) mass is 504 g/mol. The van der Waals surface area contributed by atoms with E-state index in [0.717, 1.165) is 34.4 Å². The van der Waals surface area contributed by atoms with E-state index in [1.165, 1.54) is 62.9 Å². The smallest absolute Gasteiger partial charge is 0.161 e. The van der Waals surface area contributed by atoms with E-state index < -0.39 is 0 Å². The average Bonchev–Trinajstić information content (AvgIpc) is 3.32. The maximum atomic E-state index is 5.57. The lowest BCUT2D eigenvalue weighted by Crippen LogP contribution is -2.48. The average molecular weight is 505 g/mol. The molecule has 2 aliphatic heterocycles. The fourth-order valence-electron chi connectivity index (χ4n) is 6.44. The Morgan fingerprint density at radius 2 is 1.49 bits per heavy atom. The summed E-state index contributed by atoms with van der Waals surface area (Å²) < 4.78 is 13.4. The molecule has 0 amide bonds. The van der Waals surface area contributed by atoms with Crippen molar-refractivity contribution in [1.29, 1.82) is 0 Å². The zero-order valence-corrected chi connectivity index (χ0v) is 23.5. The van der Waals surface area contributed by atoms with Crippen LogP contribution in [0.25, 0.3) is 22.4 Å². The first kappa shape index (κ1) is 26.1. The van der Waals surface area contributed by atoms with Gasteiger partial charge < -0.3 is 23.8 Å². The van der Waals surface area contributed by atoms with Gasteiger partial charge in [0, 0.05) is 23.7 Å². The molecule has 5 rings (SSSR count). The zero-order chi connectivity index (χ0) is 26.1. The minimum Gasteiger partial charge on any atom is -0.493 e. The second-order valence-corrected chi connectivity index (χ2v) is 11.4. The molecule has 0 spiro atoms. The van der Waals surface area contributed by atoms with Gasteiger partial charge in [-0.1, -0.05) is 6.07 Å². The highest BCUT2D eigenvalue weighted by molar-refractivity contribution is 5.82. The van der Waals surface area contributed by atoms with E-state index in [2.05, 4.69) is 66.3 Å². The summed E-state index contributed by atoms with van der Waals surface area (Å²) in [6.45, 7) is 14.0. The second-order valence-electron chi connectivity index (χ2n) is 11.4. The summed E-state index contributed by atoms with van der Waals surface area (Å²) in [4.78, 5) is 10.6. The number of ether oxygens (including phenoxy) is 2. The molecule has 3 aromatic rings. The summed E-state index contributed by atoms with van der Waals surface area (Å²) >= 11 is 0. The molecule has 2 fully saturated rings. The standard InChI is InChI=1S/C31H44N4O2/c1-21(2)33-17-13-26(14-18-33)34-15-11-23(12-16-34)24-7-9-28-27(19-24)32-31(35(28)22(3)4)25-8-10-29(36-5)30(20-25)37-6/h7-10,19-23,26H,11-18H2,1-6H3. The van der Waals surface area contributed by atoms with Crippen LogP contribution in [-0.2, 0) is 0 Å². The van der Waals surface area contributed by atoms with Gasteiger partial charge in [-0.25, -0.2) is 4.98 Å². The molecule has 2 aromatic carbocycles. The Balaban J connectivity index is 1.34. The zero-order valence-electron chi connectivity index (χ0n) is 23.5. The molecule has 0 saturated carbocycles. The number of rotatable bonds is 7. The fourth-order valence-corrected chi connectivity index (χ4v) is 6.44. The van der Waals surface area contributed by atoms with Crippen molar-refractivity contribution in [2.24, 2.45) is 0 Å². The lowest BCUT2D eigenvalue weighted by molar-refractivity contribution is 0.0753. The van der Waals surface area contributed by atoms with Crippen molar-refractivity contribution in [3.8, 4) is 22.9 Å². The number of methoxy groups -OCH3 is 2. The molecular formula is C31H44N4O2. The Morgan fingerprint density at radius 3 is 2.11 bits per heavy atom. The highest BCUT2D eigenvalue weighted by Crippen LogP contribution is 2.37. The van der Waals surface area contributed by atoms with Crippen LogP contribution in [0.5, 0.6) is 11.5 Å². The molecule has 6 nitrogen and oxygen atoms in total. The van der Waals surface area contributed by atoms with Crippen LogP contribution in [0.2, 0.25) is 0 Å². The van der Waals surface area contributed by atoms with Crippen LogP contribution in [0.3, 0.4) is 0 Å². The molecule has 37 heavy (non-hydrogen) atoms. The fraction of sp³-hybridized carbons (Fsp3) is 0.581. The third-order valence-corrected chi connectivity index (χ3v) is 8.62. The van der Waals surface area contributed by atoms with E-state index in [1.807, 2.05) is 12.1 Å². The number of likely N-dealkylation sites (tertiary alicyclic amines) is 2. The van der Waals surface area contributed by atoms with Crippen LogP contribution in [-0.4, -0.2) is 71.8 Å². The highest BCUT2D eigenvalue weighted by atomic mass is 16.5. The summed E-state index contributed by atoms with van der Waals surface area (Å²) in [7, 11) is 3.35. The molecule has 0 bridgehead atoms. The SMILES string of the molecule is COc1ccc(-c2nc3cc(C4CCN(C5CCN(C(C)C)CC5)CC4)ccc3n2C(C)C)cc1OC. The molecule has 2 saturated heterocycles. The first-order valence-electron chi connectivity index (χ1n) is 14.1. The van der Waals surface area contributed by atoms with Crippen LogP contribution >= 0.6 is 0 Å². The number of aromatic nitrogens is 2. The molecule has 0 atom stereocenters.